The molecule has 3 heterocycles. The van der Waals surface area contributed by atoms with Gasteiger partial charge in [0.2, 0.25) is 0 Å². The van der Waals surface area contributed by atoms with Crippen LogP contribution in [0.2, 0.25) is 0 Å². The van der Waals surface area contributed by atoms with Crippen molar-refractivity contribution in [3.63, 3.8) is 0 Å². The quantitative estimate of drug-likeness (QED) is 0.332. The van der Waals surface area contributed by atoms with Crippen LogP contribution in [0.4, 0.5) is 15.3 Å². The number of carbonyl (C=O) groups excluding carboxylic acids is 5. The summed E-state index contributed by atoms with van der Waals surface area (Å²) in [6.07, 6.45) is -1.10. The minimum Gasteiger partial charge on any atom is -0.444 e. The van der Waals surface area contributed by atoms with Crippen LogP contribution in [0.1, 0.15) is 72.6 Å². The van der Waals surface area contributed by atoms with Crippen molar-refractivity contribution in [3.8, 4) is 11.3 Å². The fraction of sp³-hybridized carbons (Fsp3) is 0.387. The standard InChI is InChI=1S/C31H35N5O7/c1-30(2,3)42-28(40)35-13-11-34(12-14-35)27(39)17-7-10-21-18(15-17)16-22(36(21)29(41)43-31(4,5)6)19-8-9-20(32)24-23(19)25(37)33-26(24)38/h7-10,15-16H,11-14,32H2,1-6H3,(H,33,37,38). The monoisotopic (exact) mass is 589 g/mol. The van der Waals surface area contributed by atoms with E-state index in [2.05, 4.69) is 5.32 Å². The van der Waals surface area contributed by atoms with Crippen molar-refractivity contribution in [1.29, 1.82) is 0 Å². The molecule has 0 aliphatic carbocycles. The maximum absolute atomic E-state index is 13.5. The lowest BCUT2D eigenvalue weighted by atomic mass is 9.98. The summed E-state index contributed by atoms with van der Waals surface area (Å²) in [4.78, 5) is 68.0. The number of carbonyl (C=O) groups is 5. The molecule has 3 aromatic rings. The van der Waals surface area contributed by atoms with E-state index < -0.39 is 35.2 Å². The molecule has 1 aromatic heterocycles. The second-order valence-corrected chi connectivity index (χ2v) is 12.6. The molecule has 1 fully saturated rings. The number of amides is 4. The number of fused-ring (bicyclic) bond motifs is 2. The number of nitrogen functional groups attached to an aromatic ring is 1. The van der Waals surface area contributed by atoms with E-state index in [-0.39, 0.29) is 22.7 Å². The van der Waals surface area contributed by atoms with Crippen LogP contribution in [-0.2, 0) is 9.47 Å². The highest BCUT2D eigenvalue weighted by Crippen LogP contribution is 2.37. The summed E-state index contributed by atoms with van der Waals surface area (Å²) in [6.45, 7) is 12.0. The van der Waals surface area contributed by atoms with Crippen LogP contribution < -0.4 is 11.1 Å². The van der Waals surface area contributed by atoms with Crippen LogP contribution in [0.25, 0.3) is 22.2 Å². The van der Waals surface area contributed by atoms with E-state index in [1.807, 2.05) is 0 Å². The summed E-state index contributed by atoms with van der Waals surface area (Å²) in [5, 5.41) is 2.82. The van der Waals surface area contributed by atoms with Crippen LogP contribution in [0.3, 0.4) is 0 Å². The maximum atomic E-state index is 13.5. The van der Waals surface area contributed by atoms with Crippen LogP contribution in [0.15, 0.2) is 36.4 Å². The molecule has 0 spiro atoms. The van der Waals surface area contributed by atoms with Crippen molar-refractivity contribution in [1.82, 2.24) is 19.7 Å². The number of aromatic nitrogens is 1. The van der Waals surface area contributed by atoms with Crippen LogP contribution >= 0.6 is 0 Å². The largest absolute Gasteiger partial charge is 0.444 e. The predicted octanol–water partition coefficient (Wildman–Crippen LogP) is 4.25. The van der Waals surface area contributed by atoms with Gasteiger partial charge >= 0.3 is 12.2 Å². The van der Waals surface area contributed by atoms with Gasteiger partial charge in [0.1, 0.15) is 11.2 Å². The van der Waals surface area contributed by atoms with Gasteiger partial charge in [-0.1, -0.05) is 0 Å². The summed E-state index contributed by atoms with van der Waals surface area (Å²) in [7, 11) is 0. The number of benzene rings is 2. The van der Waals surface area contributed by atoms with E-state index in [1.165, 1.54) is 10.6 Å². The zero-order valence-electron chi connectivity index (χ0n) is 25.1. The van der Waals surface area contributed by atoms with Gasteiger partial charge in [0, 0.05) is 48.4 Å². The first-order valence-corrected chi connectivity index (χ1v) is 14.0. The smallest absolute Gasteiger partial charge is 0.419 e. The molecular weight excluding hydrogens is 554 g/mol. The Morgan fingerprint density at radius 2 is 1.35 bits per heavy atom. The van der Waals surface area contributed by atoms with Crippen LogP contribution in [0.5, 0.6) is 0 Å². The Morgan fingerprint density at radius 1 is 0.767 bits per heavy atom. The van der Waals surface area contributed by atoms with Gasteiger partial charge in [-0.2, -0.15) is 0 Å². The Morgan fingerprint density at radius 3 is 1.98 bits per heavy atom. The van der Waals surface area contributed by atoms with Crippen molar-refractivity contribution >= 4 is 46.5 Å². The molecule has 226 valence electrons. The third-order valence-electron chi connectivity index (χ3n) is 7.04. The predicted molar refractivity (Wildman–Crippen MR) is 159 cm³/mol. The van der Waals surface area contributed by atoms with Crippen molar-refractivity contribution < 1.29 is 33.4 Å². The fourth-order valence-corrected chi connectivity index (χ4v) is 5.19. The molecule has 0 atom stereocenters. The number of rotatable bonds is 2. The highest BCUT2D eigenvalue weighted by molar-refractivity contribution is 6.26. The molecule has 0 unspecified atom stereocenters. The average Bonchev–Trinajstić information content (AvgIpc) is 3.43. The van der Waals surface area contributed by atoms with Gasteiger partial charge in [0.25, 0.3) is 17.7 Å². The fourth-order valence-electron chi connectivity index (χ4n) is 5.19. The van der Waals surface area contributed by atoms with Gasteiger partial charge in [-0.3, -0.25) is 19.7 Å². The highest BCUT2D eigenvalue weighted by atomic mass is 16.6. The van der Waals surface area contributed by atoms with Gasteiger partial charge in [-0.15, -0.1) is 0 Å². The molecule has 5 rings (SSSR count). The summed E-state index contributed by atoms with van der Waals surface area (Å²) >= 11 is 0. The van der Waals surface area contributed by atoms with E-state index in [4.69, 9.17) is 15.2 Å². The third-order valence-corrected chi connectivity index (χ3v) is 7.04. The zero-order chi connectivity index (χ0) is 31.4. The number of hydrogen-bond acceptors (Lipinski definition) is 8. The molecule has 3 N–H and O–H groups in total. The SMILES string of the molecule is CC(C)(C)OC(=O)N1CCN(C(=O)c2ccc3c(c2)cc(-c2ccc(N)c4c2C(=O)NC4=O)n3C(=O)OC(C)(C)C)CC1. The van der Waals surface area contributed by atoms with Crippen molar-refractivity contribution in [3.05, 3.63) is 53.1 Å². The number of nitrogens with one attached hydrogen (secondary N) is 1. The number of ether oxygens (including phenoxy) is 2. The normalized spacial score (nSPS) is 15.4. The topological polar surface area (TPSA) is 153 Å². The lowest BCUT2D eigenvalue weighted by Gasteiger charge is -2.35. The van der Waals surface area contributed by atoms with Gasteiger partial charge in [0.05, 0.1) is 22.3 Å². The lowest BCUT2D eigenvalue weighted by molar-refractivity contribution is 0.0140. The summed E-state index contributed by atoms with van der Waals surface area (Å²) in [5.41, 5.74) is 6.31. The minimum absolute atomic E-state index is 0.0462. The molecule has 2 aliphatic rings. The highest BCUT2D eigenvalue weighted by Gasteiger charge is 2.35. The molecule has 1 saturated heterocycles. The average molecular weight is 590 g/mol. The number of nitrogens with two attached hydrogens (primary N) is 1. The van der Waals surface area contributed by atoms with Crippen molar-refractivity contribution in [2.75, 3.05) is 31.9 Å². The molecular formula is C31H35N5O7. The molecule has 2 aliphatic heterocycles. The second-order valence-electron chi connectivity index (χ2n) is 12.6. The molecule has 43 heavy (non-hydrogen) atoms. The van der Waals surface area contributed by atoms with E-state index in [1.54, 1.807) is 81.7 Å². The van der Waals surface area contributed by atoms with Crippen molar-refractivity contribution in [2.45, 2.75) is 52.7 Å². The van der Waals surface area contributed by atoms with Crippen LogP contribution in [0, 0.1) is 0 Å². The number of nitrogens with zero attached hydrogens (tertiary/aromatic N) is 3. The molecule has 4 amide bonds. The number of piperazine rings is 1. The Hall–Kier alpha value is -4.87. The van der Waals surface area contributed by atoms with E-state index >= 15 is 0 Å². The zero-order valence-corrected chi connectivity index (χ0v) is 25.1. The number of hydrogen-bond donors (Lipinski definition) is 2. The molecule has 12 heteroatoms. The number of imide groups is 1. The van der Waals surface area contributed by atoms with Gasteiger partial charge < -0.3 is 25.0 Å². The minimum atomic E-state index is -0.821. The summed E-state index contributed by atoms with van der Waals surface area (Å²) in [5.74, 6) is -1.46. The van der Waals surface area contributed by atoms with Gasteiger partial charge in [-0.25, -0.2) is 14.2 Å². The molecule has 0 bridgehead atoms. The maximum Gasteiger partial charge on any atom is 0.419 e. The Kier molecular flexibility index (Phi) is 7.19. The van der Waals surface area contributed by atoms with Gasteiger partial charge in [0.15, 0.2) is 0 Å². The Balaban J connectivity index is 1.51. The van der Waals surface area contributed by atoms with E-state index in [0.717, 1.165) is 0 Å². The number of anilines is 1. The third kappa shape index (κ3) is 5.77. The Labute approximate surface area is 248 Å². The molecule has 2 aromatic carbocycles. The second kappa shape index (κ2) is 10.4. The summed E-state index contributed by atoms with van der Waals surface area (Å²) in [6, 6.07) is 9.71. The lowest BCUT2D eigenvalue weighted by Crippen LogP contribution is -2.51. The molecule has 12 nitrogen and oxygen atoms in total. The van der Waals surface area contributed by atoms with E-state index in [9.17, 15) is 24.0 Å². The van der Waals surface area contributed by atoms with E-state index in [0.29, 0.717) is 53.9 Å². The first-order valence-electron chi connectivity index (χ1n) is 14.0. The molecule has 0 radical (unpaired) electrons. The first-order chi connectivity index (χ1) is 20.0. The summed E-state index contributed by atoms with van der Waals surface area (Å²) < 4.78 is 12.5. The molecule has 0 saturated carbocycles. The van der Waals surface area contributed by atoms with Crippen molar-refractivity contribution in [2.24, 2.45) is 0 Å². The van der Waals surface area contributed by atoms with Crippen LogP contribution in [-0.4, -0.2) is 81.7 Å². The Bertz CT molecular complexity index is 1680. The first kappa shape index (κ1) is 29.6. The van der Waals surface area contributed by atoms with Gasteiger partial charge in [-0.05, 0) is 77.9 Å².